The molecule has 0 bridgehead atoms. The molecule has 0 aromatic carbocycles. The minimum absolute atomic E-state index is 0.0545. The molecule has 0 aliphatic carbocycles. The molecule has 2 aliphatic rings. The molecule has 1 amide bonds. The first kappa shape index (κ1) is 16.2. The van der Waals surface area contributed by atoms with Crippen LogP contribution in [0.25, 0.3) is 0 Å². The van der Waals surface area contributed by atoms with Crippen molar-refractivity contribution in [1.82, 2.24) is 20.2 Å². The number of carbonyl (C=O) groups excluding carboxylic acids is 1. The molecule has 2 aliphatic heterocycles. The molecular formula is C17H27N5O. The number of aromatic nitrogens is 2. The van der Waals surface area contributed by atoms with E-state index in [4.69, 9.17) is 0 Å². The number of piperidine rings is 2. The van der Waals surface area contributed by atoms with Gasteiger partial charge in [0.05, 0.1) is 5.92 Å². The molecule has 126 valence electrons. The molecule has 0 unspecified atom stereocenters. The van der Waals surface area contributed by atoms with Gasteiger partial charge in [0.1, 0.15) is 0 Å². The van der Waals surface area contributed by atoms with Crippen molar-refractivity contribution < 1.29 is 4.79 Å². The van der Waals surface area contributed by atoms with Gasteiger partial charge in [-0.25, -0.2) is 9.97 Å². The third-order valence-corrected chi connectivity index (χ3v) is 5.03. The van der Waals surface area contributed by atoms with Crippen LogP contribution in [0.3, 0.4) is 0 Å². The Bertz CT molecular complexity index is 501. The quantitative estimate of drug-likeness (QED) is 0.903. The van der Waals surface area contributed by atoms with Crippen LogP contribution in [0.15, 0.2) is 18.5 Å². The van der Waals surface area contributed by atoms with Crippen LogP contribution in [0.5, 0.6) is 0 Å². The van der Waals surface area contributed by atoms with E-state index >= 15 is 0 Å². The van der Waals surface area contributed by atoms with E-state index < -0.39 is 0 Å². The molecule has 6 heteroatoms. The lowest BCUT2D eigenvalue weighted by Crippen LogP contribution is -2.45. The fourth-order valence-corrected chi connectivity index (χ4v) is 3.48. The summed E-state index contributed by atoms with van der Waals surface area (Å²) >= 11 is 0. The zero-order chi connectivity index (χ0) is 16.1. The fourth-order valence-electron chi connectivity index (χ4n) is 3.48. The highest BCUT2D eigenvalue weighted by molar-refractivity contribution is 5.79. The average molecular weight is 317 g/mol. The zero-order valence-corrected chi connectivity index (χ0v) is 13.9. The maximum Gasteiger partial charge on any atom is 0.225 e. The van der Waals surface area contributed by atoms with Gasteiger partial charge < -0.3 is 15.1 Å². The Labute approximate surface area is 138 Å². The Hall–Kier alpha value is -1.69. The lowest BCUT2D eigenvalue weighted by atomic mass is 9.95. The molecule has 1 atom stereocenters. The van der Waals surface area contributed by atoms with Crippen LogP contribution in [0.2, 0.25) is 0 Å². The molecule has 0 spiro atoms. The van der Waals surface area contributed by atoms with Crippen molar-refractivity contribution >= 4 is 11.9 Å². The topological polar surface area (TPSA) is 61.4 Å². The van der Waals surface area contributed by atoms with Crippen molar-refractivity contribution in [3.05, 3.63) is 18.5 Å². The average Bonchev–Trinajstić information content (AvgIpc) is 2.62. The van der Waals surface area contributed by atoms with Gasteiger partial charge in [-0.2, -0.15) is 0 Å². The lowest BCUT2D eigenvalue weighted by Gasteiger charge is -2.33. The number of anilines is 1. The van der Waals surface area contributed by atoms with Crippen molar-refractivity contribution in [2.75, 3.05) is 44.7 Å². The van der Waals surface area contributed by atoms with E-state index in [-0.39, 0.29) is 11.8 Å². The molecule has 1 aromatic heterocycles. The predicted molar refractivity (Wildman–Crippen MR) is 90.2 cm³/mol. The highest BCUT2D eigenvalue weighted by atomic mass is 16.1. The summed E-state index contributed by atoms with van der Waals surface area (Å²) in [5.74, 6) is 1.62. The summed E-state index contributed by atoms with van der Waals surface area (Å²) in [5, 5.41) is 3.18. The second kappa shape index (κ2) is 7.73. The van der Waals surface area contributed by atoms with Gasteiger partial charge in [0.25, 0.3) is 0 Å². The summed E-state index contributed by atoms with van der Waals surface area (Å²) in [6, 6.07) is 1.82. The minimum Gasteiger partial charge on any atom is -0.356 e. The molecule has 0 radical (unpaired) electrons. The van der Waals surface area contributed by atoms with E-state index in [0.717, 1.165) is 51.5 Å². The number of nitrogens with zero attached hydrogens (tertiary/aromatic N) is 4. The van der Waals surface area contributed by atoms with Gasteiger partial charge in [0, 0.05) is 32.0 Å². The Morgan fingerprint density at radius 3 is 2.70 bits per heavy atom. The Morgan fingerprint density at radius 1 is 1.22 bits per heavy atom. The summed E-state index contributed by atoms with van der Waals surface area (Å²) in [4.78, 5) is 25.6. The first-order valence-corrected chi connectivity index (χ1v) is 8.70. The summed E-state index contributed by atoms with van der Waals surface area (Å²) in [5.41, 5.74) is 0. The van der Waals surface area contributed by atoms with Crippen LogP contribution in [-0.2, 0) is 4.79 Å². The standard InChI is InChI=1S/C17H27N5O/c1-21-10-5-14(6-11-21)12-20-16(23)15-4-2-9-22(13-15)17-18-7-3-8-19-17/h3,7-8,14-15H,2,4-6,9-13H2,1H3,(H,20,23)/t15-/m0/s1. The number of carbonyl (C=O) groups is 1. The van der Waals surface area contributed by atoms with Gasteiger partial charge in [0.15, 0.2) is 0 Å². The zero-order valence-electron chi connectivity index (χ0n) is 13.9. The summed E-state index contributed by atoms with van der Waals surface area (Å²) < 4.78 is 0. The van der Waals surface area contributed by atoms with Crippen LogP contribution in [0, 0.1) is 11.8 Å². The maximum absolute atomic E-state index is 12.5. The van der Waals surface area contributed by atoms with Gasteiger partial charge in [-0.15, -0.1) is 0 Å². The van der Waals surface area contributed by atoms with Crippen molar-refractivity contribution in [2.45, 2.75) is 25.7 Å². The second-order valence-electron chi connectivity index (χ2n) is 6.83. The smallest absolute Gasteiger partial charge is 0.225 e. The summed E-state index contributed by atoms with van der Waals surface area (Å²) in [6.07, 6.45) is 7.86. The van der Waals surface area contributed by atoms with E-state index in [1.165, 1.54) is 12.8 Å². The number of likely N-dealkylation sites (tertiary alicyclic amines) is 1. The molecule has 1 aromatic rings. The molecule has 3 rings (SSSR count). The SMILES string of the molecule is CN1CCC(CNC(=O)[C@H]2CCCN(c3ncccn3)C2)CC1. The molecule has 6 nitrogen and oxygen atoms in total. The van der Waals surface area contributed by atoms with Crippen molar-refractivity contribution in [1.29, 1.82) is 0 Å². The van der Waals surface area contributed by atoms with Gasteiger partial charge in [0.2, 0.25) is 11.9 Å². The highest BCUT2D eigenvalue weighted by Gasteiger charge is 2.27. The number of hydrogen-bond acceptors (Lipinski definition) is 5. The monoisotopic (exact) mass is 317 g/mol. The van der Waals surface area contributed by atoms with Gasteiger partial charge >= 0.3 is 0 Å². The summed E-state index contributed by atoms with van der Waals surface area (Å²) in [7, 11) is 2.16. The lowest BCUT2D eigenvalue weighted by molar-refractivity contribution is -0.125. The van der Waals surface area contributed by atoms with Crippen molar-refractivity contribution in [2.24, 2.45) is 11.8 Å². The third-order valence-electron chi connectivity index (χ3n) is 5.03. The van der Waals surface area contributed by atoms with Gasteiger partial charge in [-0.05, 0) is 57.8 Å². The number of rotatable bonds is 4. The first-order valence-electron chi connectivity index (χ1n) is 8.70. The minimum atomic E-state index is 0.0545. The van der Waals surface area contributed by atoms with Crippen molar-refractivity contribution in [3.8, 4) is 0 Å². The Kier molecular flexibility index (Phi) is 5.43. The number of hydrogen-bond donors (Lipinski definition) is 1. The molecule has 2 fully saturated rings. The molecule has 0 saturated carbocycles. The second-order valence-corrected chi connectivity index (χ2v) is 6.83. The largest absolute Gasteiger partial charge is 0.356 e. The van der Waals surface area contributed by atoms with E-state index in [9.17, 15) is 4.79 Å². The van der Waals surface area contributed by atoms with Crippen LogP contribution in [0.1, 0.15) is 25.7 Å². The molecule has 2 saturated heterocycles. The Balaban J connectivity index is 1.47. The van der Waals surface area contributed by atoms with E-state index in [1.54, 1.807) is 12.4 Å². The first-order chi connectivity index (χ1) is 11.2. The maximum atomic E-state index is 12.5. The number of amides is 1. The fraction of sp³-hybridized carbons (Fsp3) is 0.706. The predicted octanol–water partition coefficient (Wildman–Crippen LogP) is 1.15. The van der Waals surface area contributed by atoms with Crippen LogP contribution in [-0.4, -0.2) is 60.5 Å². The highest BCUT2D eigenvalue weighted by Crippen LogP contribution is 2.20. The van der Waals surface area contributed by atoms with Gasteiger partial charge in [-0.3, -0.25) is 4.79 Å². The van der Waals surface area contributed by atoms with E-state index in [2.05, 4.69) is 32.1 Å². The van der Waals surface area contributed by atoms with Crippen LogP contribution in [0.4, 0.5) is 5.95 Å². The molecular weight excluding hydrogens is 290 g/mol. The van der Waals surface area contributed by atoms with Crippen LogP contribution < -0.4 is 10.2 Å². The van der Waals surface area contributed by atoms with E-state index in [1.807, 2.05) is 6.07 Å². The van der Waals surface area contributed by atoms with Gasteiger partial charge in [-0.1, -0.05) is 0 Å². The summed E-state index contributed by atoms with van der Waals surface area (Å²) in [6.45, 7) is 4.77. The molecule has 23 heavy (non-hydrogen) atoms. The van der Waals surface area contributed by atoms with E-state index in [0.29, 0.717) is 5.92 Å². The third kappa shape index (κ3) is 4.41. The molecule has 3 heterocycles. The Morgan fingerprint density at radius 2 is 1.96 bits per heavy atom. The van der Waals surface area contributed by atoms with Crippen LogP contribution >= 0.6 is 0 Å². The molecule has 1 N–H and O–H groups in total. The normalized spacial score (nSPS) is 23.7. The number of nitrogens with one attached hydrogen (secondary N) is 1. The van der Waals surface area contributed by atoms with Crippen molar-refractivity contribution in [3.63, 3.8) is 0 Å².